The standard InChI is InChI=1S/C18H21N3O2S/c1-18(2)12-16(23)21(14-7-4-3-6-13(14)18)10-5-8-15(22)20-17-19-9-11-24-17/h3-4,6-7,9,11H,5,8,10,12H2,1-2H3,(H,19,20,22). The van der Waals surface area contributed by atoms with Gasteiger partial charge < -0.3 is 10.2 Å². The molecule has 0 aliphatic carbocycles. The van der Waals surface area contributed by atoms with Crippen molar-refractivity contribution < 1.29 is 9.59 Å². The molecule has 2 heterocycles. The number of thiazole rings is 1. The van der Waals surface area contributed by atoms with Gasteiger partial charge in [-0.25, -0.2) is 4.98 Å². The number of anilines is 2. The minimum atomic E-state index is -0.146. The van der Waals surface area contributed by atoms with Crippen molar-refractivity contribution in [1.82, 2.24) is 4.98 Å². The molecule has 2 aromatic rings. The Morgan fingerprint density at radius 1 is 1.38 bits per heavy atom. The molecule has 1 aromatic heterocycles. The fourth-order valence-corrected chi connectivity index (χ4v) is 3.64. The molecule has 24 heavy (non-hydrogen) atoms. The van der Waals surface area contributed by atoms with Gasteiger partial charge in [-0.1, -0.05) is 32.0 Å². The van der Waals surface area contributed by atoms with Crippen molar-refractivity contribution in [2.75, 3.05) is 16.8 Å². The summed E-state index contributed by atoms with van der Waals surface area (Å²) in [6.45, 7) is 4.75. The second kappa shape index (κ2) is 6.73. The Hall–Kier alpha value is -2.21. The molecule has 0 spiro atoms. The van der Waals surface area contributed by atoms with E-state index in [4.69, 9.17) is 0 Å². The van der Waals surface area contributed by atoms with E-state index in [-0.39, 0.29) is 17.2 Å². The smallest absolute Gasteiger partial charge is 0.227 e. The van der Waals surface area contributed by atoms with Crippen LogP contribution in [0.3, 0.4) is 0 Å². The Balaban J connectivity index is 1.62. The topological polar surface area (TPSA) is 62.3 Å². The molecule has 0 saturated heterocycles. The fraction of sp³-hybridized carbons (Fsp3) is 0.389. The molecule has 6 heteroatoms. The zero-order chi connectivity index (χ0) is 17.2. The van der Waals surface area contributed by atoms with Gasteiger partial charge in [0.25, 0.3) is 0 Å². The zero-order valence-corrected chi connectivity index (χ0v) is 14.7. The third kappa shape index (κ3) is 3.48. The van der Waals surface area contributed by atoms with Gasteiger partial charge in [-0.15, -0.1) is 11.3 Å². The number of benzene rings is 1. The van der Waals surface area contributed by atoms with Gasteiger partial charge in [0, 0.05) is 42.1 Å². The SMILES string of the molecule is CC1(C)CC(=O)N(CCCC(=O)Nc2nccs2)c2ccccc21. The number of amides is 2. The first-order valence-corrected chi connectivity index (χ1v) is 8.94. The minimum absolute atomic E-state index is 0.0666. The summed E-state index contributed by atoms with van der Waals surface area (Å²) in [5.41, 5.74) is 2.02. The molecule has 1 N–H and O–H groups in total. The van der Waals surface area contributed by atoms with Crippen LogP contribution in [0.5, 0.6) is 0 Å². The van der Waals surface area contributed by atoms with E-state index in [2.05, 4.69) is 30.2 Å². The van der Waals surface area contributed by atoms with Gasteiger partial charge in [0.15, 0.2) is 5.13 Å². The van der Waals surface area contributed by atoms with Crippen LogP contribution >= 0.6 is 11.3 Å². The number of fused-ring (bicyclic) bond motifs is 1. The number of carbonyl (C=O) groups excluding carboxylic acids is 2. The van der Waals surface area contributed by atoms with Crippen LogP contribution in [-0.4, -0.2) is 23.3 Å². The summed E-state index contributed by atoms with van der Waals surface area (Å²) in [4.78, 5) is 30.3. The molecule has 2 amide bonds. The highest BCUT2D eigenvalue weighted by molar-refractivity contribution is 7.13. The minimum Gasteiger partial charge on any atom is -0.312 e. The molecule has 0 atom stereocenters. The second-order valence-corrected chi connectivity index (χ2v) is 7.51. The van der Waals surface area contributed by atoms with Crippen molar-refractivity contribution >= 4 is 34.0 Å². The Morgan fingerprint density at radius 3 is 2.92 bits per heavy atom. The highest BCUT2D eigenvalue weighted by Gasteiger charge is 2.35. The number of hydrogen-bond donors (Lipinski definition) is 1. The van der Waals surface area contributed by atoms with Crippen LogP contribution in [0.15, 0.2) is 35.8 Å². The van der Waals surface area contributed by atoms with E-state index in [9.17, 15) is 9.59 Å². The fourth-order valence-electron chi connectivity index (χ4n) is 3.09. The largest absolute Gasteiger partial charge is 0.312 e. The maximum absolute atomic E-state index is 12.5. The Labute approximate surface area is 145 Å². The predicted octanol–water partition coefficient (Wildman–Crippen LogP) is 3.58. The van der Waals surface area contributed by atoms with Gasteiger partial charge in [0.1, 0.15) is 0 Å². The average molecular weight is 343 g/mol. The molecular weight excluding hydrogens is 322 g/mol. The Morgan fingerprint density at radius 2 is 2.17 bits per heavy atom. The summed E-state index contributed by atoms with van der Waals surface area (Å²) in [6.07, 6.45) is 3.15. The molecule has 0 unspecified atom stereocenters. The van der Waals surface area contributed by atoms with E-state index in [1.165, 1.54) is 16.9 Å². The molecule has 0 fully saturated rings. The lowest BCUT2D eigenvalue weighted by Gasteiger charge is -2.38. The van der Waals surface area contributed by atoms with Gasteiger partial charge in [0.2, 0.25) is 11.8 Å². The number of nitrogens with zero attached hydrogens (tertiary/aromatic N) is 2. The number of carbonyl (C=O) groups is 2. The first kappa shape index (κ1) is 16.6. The third-order valence-electron chi connectivity index (χ3n) is 4.28. The van der Waals surface area contributed by atoms with Gasteiger partial charge in [0.05, 0.1) is 0 Å². The summed E-state index contributed by atoms with van der Waals surface area (Å²) >= 11 is 1.40. The Bertz CT molecular complexity index is 740. The maximum atomic E-state index is 12.5. The number of hydrogen-bond acceptors (Lipinski definition) is 4. The van der Waals surface area contributed by atoms with Crippen LogP contribution in [0.25, 0.3) is 0 Å². The van der Waals surface area contributed by atoms with Crippen LogP contribution in [0.1, 0.15) is 38.7 Å². The molecule has 1 aliphatic heterocycles. The second-order valence-electron chi connectivity index (χ2n) is 6.61. The van der Waals surface area contributed by atoms with Gasteiger partial charge in [-0.3, -0.25) is 9.59 Å². The summed E-state index contributed by atoms with van der Waals surface area (Å²) in [7, 11) is 0. The van der Waals surface area contributed by atoms with Gasteiger partial charge >= 0.3 is 0 Å². The lowest BCUT2D eigenvalue weighted by Crippen LogP contribution is -2.42. The lowest BCUT2D eigenvalue weighted by molar-refractivity contribution is -0.120. The van der Waals surface area contributed by atoms with Crippen LogP contribution in [0.4, 0.5) is 10.8 Å². The van der Waals surface area contributed by atoms with Crippen molar-refractivity contribution in [3.8, 4) is 0 Å². The number of para-hydroxylation sites is 1. The first-order chi connectivity index (χ1) is 11.5. The van der Waals surface area contributed by atoms with Crippen LogP contribution < -0.4 is 10.2 Å². The van der Waals surface area contributed by atoms with Crippen molar-refractivity contribution in [1.29, 1.82) is 0 Å². The van der Waals surface area contributed by atoms with Crippen molar-refractivity contribution in [2.24, 2.45) is 0 Å². The van der Waals surface area contributed by atoms with E-state index in [1.54, 1.807) is 6.20 Å². The zero-order valence-electron chi connectivity index (χ0n) is 13.9. The van der Waals surface area contributed by atoms with E-state index < -0.39 is 0 Å². The van der Waals surface area contributed by atoms with E-state index in [0.717, 1.165) is 5.69 Å². The van der Waals surface area contributed by atoms with Crippen LogP contribution in [0.2, 0.25) is 0 Å². The molecule has 126 valence electrons. The quantitative estimate of drug-likeness (QED) is 0.902. The van der Waals surface area contributed by atoms with Crippen molar-refractivity contribution in [3.05, 3.63) is 41.4 Å². The summed E-state index contributed by atoms with van der Waals surface area (Å²) in [6, 6.07) is 8.04. The number of rotatable bonds is 5. The predicted molar refractivity (Wildman–Crippen MR) is 96.4 cm³/mol. The molecule has 1 aromatic carbocycles. The molecule has 5 nitrogen and oxygen atoms in total. The highest BCUT2D eigenvalue weighted by atomic mass is 32.1. The molecule has 0 radical (unpaired) electrons. The van der Waals surface area contributed by atoms with E-state index >= 15 is 0 Å². The molecular formula is C18H21N3O2S. The third-order valence-corrected chi connectivity index (χ3v) is 4.97. The lowest BCUT2D eigenvalue weighted by atomic mass is 9.77. The molecule has 0 bridgehead atoms. The molecule has 1 aliphatic rings. The summed E-state index contributed by atoms with van der Waals surface area (Å²) in [5, 5.41) is 5.20. The van der Waals surface area contributed by atoms with E-state index in [1.807, 2.05) is 28.5 Å². The summed E-state index contributed by atoms with van der Waals surface area (Å²) < 4.78 is 0. The summed E-state index contributed by atoms with van der Waals surface area (Å²) in [5.74, 6) is 0.0575. The van der Waals surface area contributed by atoms with Crippen molar-refractivity contribution in [2.45, 2.75) is 38.5 Å². The molecule has 3 rings (SSSR count). The first-order valence-electron chi connectivity index (χ1n) is 8.06. The highest BCUT2D eigenvalue weighted by Crippen LogP contribution is 2.39. The van der Waals surface area contributed by atoms with Gasteiger partial charge in [-0.05, 0) is 18.1 Å². The monoisotopic (exact) mass is 343 g/mol. The van der Waals surface area contributed by atoms with Gasteiger partial charge in [-0.2, -0.15) is 0 Å². The number of nitrogens with one attached hydrogen (secondary N) is 1. The number of aromatic nitrogens is 1. The molecule has 0 saturated carbocycles. The van der Waals surface area contributed by atoms with Crippen LogP contribution in [0, 0.1) is 0 Å². The normalized spacial score (nSPS) is 15.9. The average Bonchev–Trinajstić information content (AvgIpc) is 3.03. The van der Waals surface area contributed by atoms with Crippen molar-refractivity contribution in [3.63, 3.8) is 0 Å². The Kier molecular flexibility index (Phi) is 4.66. The van der Waals surface area contributed by atoms with E-state index in [0.29, 0.717) is 30.9 Å². The van der Waals surface area contributed by atoms with Crippen LogP contribution in [-0.2, 0) is 15.0 Å². The maximum Gasteiger partial charge on any atom is 0.227 e.